The van der Waals surface area contributed by atoms with Crippen LogP contribution >= 0.6 is 0 Å². The Morgan fingerprint density at radius 3 is 2.60 bits per heavy atom. The monoisotopic (exact) mass is 279 g/mol. The van der Waals surface area contributed by atoms with Crippen molar-refractivity contribution >= 4 is 5.91 Å². The number of nitrogens with zero attached hydrogens (tertiary/aromatic N) is 1. The number of aliphatic hydroxyl groups excluding tert-OH is 1. The van der Waals surface area contributed by atoms with E-state index in [-0.39, 0.29) is 18.4 Å². The summed E-state index contributed by atoms with van der Waals surface area (Å²) >= 11 is 0. The van der Waals surface area contributed by atoms with Gasteiger partial charge in [-0.3, -0.25) is 10.2 Å². The number of rotatable bonds is 9. The van der Waals surface area contributed by atoms with Crippen LogP contribution in [0.25, 0.3) is 0 Å². The predicted octanol–water partition coefficient (Wildman–Crippen LogP) is 0.855. The average Bonchev–Trinajstić information content (AvgIpc) is 2.49. The molecule has 0 aromatic heterocycles. The summed E-state index contributed by atoms with van der Waals surface area (Å²) in [7, 11) is 2.00. The summed E-state index contributed by atoms with van der Waals surface area (Å²) in [5, 5.41) is 8.75. The second-order valence-corrected chi connectivity index (χ2v) is 5.02. The molecule has 112 valence electrons. The van der Waals surface area contributed by atoms with E-state index in [0.29, 0.717) is 6.54 Å². The molecule has 0 spiro atoms. The third-order valence-electron chi connectivity index (χ3n) is 3.35. The van der Waals surface area contributed by atoms with Crippen LogP contribution in [0.15, 0.2) is 30.3 Å². The van der Waals surface area contributed by atoms with Crippen molar-refractivity contribution in [3.8, 4) is 0 Å². The molecule has 0 aliphatic rings. The quantitative estimate of drug-likeness (QED) is 0.271. The number of aliphatic hydroxyl groups is 1. The van der Waals surface area contributed by atoms with Crippen molar-refractivity contribution in [2.45, 2.75) is 25.2 Å². The third kappa shape index (κ3) is 5.69. The van der Waals surface area contributed by atoms with Crippen molar-refractivity contribution in [3.05, 3.63) is 35.9 Å². The van der Waals surface area contributed by atoms with Crippen molar-refractivity contribution in [1.29, 1.82) is 0 Å². The largest absolute Gasteiger partial charge is 0.396 e. The predicted molar refractivity (Wildman–Crippen MR) is 79.9 cm³/mol. The standard InChI is InChI=1S/C15H25N3O2/c1-18(10-6-3-7-11-19)12-14(15(20)17-16)13-8-4-2-5-9-13/h2,4-5,8-9,14,19H,3,6-7,10-12,16H2,1H3,(H,17,20). The van der Waals surface area contributed by atoms with Crippen LogP contribution in [0.2, 0.25) is 0 Å². The number of nitrogens with two attached hydrogens (primary N) is 1. The highest BCUT2D eigenvalue weighted by Gasteiger charge is 2.21. The summed E-state index contributed by atoms with van der Waals surface area (Å²) in [5.74, 6) is 4.85. The molecule has 1 aromatic rings. The summed E-state index contributed by atoms with van der Waals surface area (Å²) in [6.07, 6.45) is 2.85. The zero-order valence-corrected chi connectivity index (χ0v) is 12.1. The van der Waals surface area contributed by atoms with Crippen LogP contribution in [0.3, 0.4) is 0 Å². The molecule has 0 saturated heterocycles. The van der Waals surface area contributed by atoms with Crippen LogP contribution < -0.4 is 11.3 Å². The zero-order chi connectivity index (χ0) is 14.8. The lowest BCUT2D eigenvalue weighted by atomic mass is 9.98. The Balaban J connectivity index is 2.55. The minimum atomic E-state index is -0.260. The van der Waals surface area contributed by atoms with E-state index in [4.69, 9.17) is 10.9 Å². The Bertz CT molecular complexity index is 384. The maximum atomic E-state index is 11.9. The lowest BCUT2D eigenvalue weighted by molar-refractivity contribution is -0.123. The van der Waals surface area contributed by atoms with E-state index in [2.05, 4.69) is 10.3 Å². The topological polar surface area (TPSA) is 78.6 Å². The van der Waals surface area contributed by atoms with Crippen LogP contribution in [0.4, 0.5) is 0 Å². The number of amides is 1. The number of nitrogens with one attached hydrogen (secondary N) is 1. The molecule has 5 heteroatoms. The van der Waals surface area contributed by atoms with Crippen molar-refractivity contribution in [1.82, 2.24) is 10.3 Å². The zero-order valence-electron chi connectivity index (χ0n) is 12.1. The molecular formula is C15H25N3O2. The molecule has 1 unspecified atom stereocenters. The van der Waals surface area contributed by atoms with Crippen molar-refractivity contribution in [2.24, 2.45) is 5.84 Å². The van der Waals surface area contributed by atoms with Gasteiger partial charge in [0.25, 0.3) is 0 Å². The number of likely N-dealkylation sites (N-methyl/N-ethyl adjacent to an activating group) is 1. The first-order valence-corrected chi connectivity index (χ1v) is 7.03. The Labute approximate surface area is 120 Å². The number of hydrogen-bond donors (Lipinski definition) is 3. The average molecular weight is 279 g/mol. The summed E-state index contributed by atoms with van der Waals surface area (Å²) in [4.78, 5) is 14.1. The molecule has 0 radical (unpaired) electrons. The number of carbonyl (C=O) groups is 1. The van der Waals surface area contributed by atoms with Crippen LogP contribution in [0.5, 0.6) is 0 Å². The molecule has 1 amide bonds. The first kappa shape index (κ1) is 16.6. The van der Waals surface area contributed by atoms with Gasteiger partial charge in [-0.15, -0.1) is 0 Å². The SMILES string of the molecule is CN(CCCCCO)CC(C(=O)NN)c1ccccc1. The van der Waals surface area contributed by atoms with Gasteiger partial charge in [-0.05, 0) is 38.4 Å². The smallest absolute Gasteiger partial charge is 0.242 e. The molecule has 0 aliphatic heterocycles. The normalized spacial score (nSPS) is 12.4. The molecule has 5 nitrogen and oxygen atoms in total. The van der Waals surface area contributed by atoms with Crippen molar-refractivity contribution < 1.29 is 9.90 Å². The van der Waals surface area contributed by atoms with Gasteiger partial charge in [-0.2, -0.15) is 0 Å². The van der Waals surface area contributed by atoms with Gasteiger partial charge in [-0.25, -0.2) is 5.84 Å². The number of benzene rings is 1. The molecule has 1 rings (SSSR count). The van der Waals surface area contributed by atoms with Gasteiger partial charge in [0, 0.05) is 13.2 Å². The van der Waals surface area contributed by atoms with Gasteiger partial charge >= 0.3 is 0 Å². The van der Waals surface area contributed by atoms with Crippen molar-refractivity contribution in [2.75, 3.05) is 26.7 Å². The third-order valence-corrected chi connectivity index (χ3v) is 3.35. The number of carbonyl (C=O) groups excluding carboxylic acids is 1. The van der Waals surface area contributed by atoms with Crippen molar-refractivity contribution in [3.63, 3.8) is 0 Å². The summed E-state index contributed by atoms with van der Waals surface area (Å²) < 4.78 is 0. The molecule has 20 heavy (non-hydrogen) atoms. The molecule has 0 aliphatic carbocycles. The second-order valence-electron chi connectivity index (χ2n) is 5.02. The molecule has 0 saturated carbocycles. The summed E-state index contributed by atoms with van der Waals surface area (Å²) in [5.41, 5.74) is 3.22. The van der Waals surface area contributed by atoms with Crippen LogP contribution in [0, 0.1) is 0 Å². The van der Waals surface area contributed by atoms with E-state index in [1.807, 2.05) is 37.4 Å². The maximum absolute atomic E-state index is 11.9. The van der Waals surface area contributed by atoms with E-state index in [1.165, 1.54) is 0 Å². The van der Waals surface area contributed by atoms with Crippen LogP contribution in [-0.4, -0.2) is 42.7 Å². The first-order valence-electron chi connectivity index (χ1n) is 7.03. The van der Waals surface area contributed by atoms with E-state index >= 15 is 0 Å². The fraction of sp³-hybridized carbons (Fsp3) is 0.533. The lowest BCUT2D eigenvalue weighted by Gasteiger charge is -2.23. The Hall–Kier alpha value is -1.43. The lowest BCUT2D eigenvalue weighted by Crippen LogP contribution is -2.39. The fourth-order valence-electron chi connectivity index (χ4n) is 2.20. The Kier molecular flexibility index (Phi) is 7.87. The van der Waals surface area contributed by atoms with E-state index in [0.717, 1.165) is 31.4 Å². The molecule has 0 heterocycles. The summed E-state index contributed by atoms with van der Waals surface area (Å²) in [6, 6.07) is 9.67. The Morgan fingerprint density at radius 1 is 1.30 bits per heavy atom. The minimum absolute atomic E-state index is 0.168. The number of hydrazine groups is 1. The molecule has 0 bridgehead atoms. The minimum Gasteiger partial charge on any atom is -0.396 e. The van der Waals surface area contributed by atoms with E-state index < -0.39 is 0 Å². The van der Waals surface area contributed by atoms with Crippen LogP contribution in [-0.2, 0) is 4.79 Å². The van der Waals surface area contributed by atoms with Gasteiger partial charge < -0.3 is 10.0 Å². The highest BCUT2D eigenvalue weighted by atomic mass is 16.2. The number of hydrogen-bond acceptors (Lipinski definition) is 4. The number of unbranched alkanes of at least 4 members (excludes halogenated alkanes) is 2. The molecular weight excluding hydrogens is 254 g/mol. The van der Waals surface area contributed by atoms with Gasteiger partial charge in [0.1, 0.15) is 0 Å². The molecule has 1 aromatic carbocycles. The second kappa shape index (κ2) is 9.47. The van der Waals surface area contributed by atoms with Crippen LogP contribution in [0.1, 0.15) is 30.7 Å². The molecule has 4 N–H and O–H groups in total. The first-order chi connectivity index (χ1) is 9.69. The summed E-state index contributed by atoms with van der Waals surface area (Å²) in [6.45, 7) is 1.78. The maximum Gasteiger partial charge on any atom is 0.242 e. The fourth-order valence-corrected chi connectivity index (χ4v) is 2.20. The molecule has 1 atom stereocenters. The van der Waals surface area contributed by atoms with E-state index in [9.17, 15) is 4.79 Å². The van der Waals surface area contributed by atoms with Gasteiger partial charge in [0.2, 0.25) is 5.91 Å². The van der Waals surface area contributed by atoms with Gasteiger partial charge in [-0.1, -0.05) is 30.3 Å². The van der Waals surface area contributed by atoms with E-state index in [1.54, 1.807) is 0 Å². The molecule has 0 fully saturated rings. The Morgan fingerprint density at radius 2 is 2.00 bits per heavy atom. The highest BCUT2D eigenvalue weighted by molar-refractivity contribution is 5.83. The van der Waals surface area contributed by atoms with Gasteiger partial charge in [0.05, 0.1) is 5.92 Å². The van der Waals surface area contributed by atoms with Gasteiger partial charge in [0.15, 0.2) is 0 Å². The highest BCUT2D eigenvalue weighted by Crippen LogP contribution is 2.17.